The van der Waals surface area contributed by atoms with Crippen LogP contribution in [-0.4, -0.2) is 9.97 Å². The zero-order chi connectivity index (χ0) is 14.8. The molecule has 0 N–H and O–H groups in total. The molecule has 21 heavy (non-hydrogen) atoms. The topological polar surface area (TPSA) is 25.8 Å². The van der Waals surface area contributed by atoms with Crippen LogP contribution in [0.15, 0.2) is 48.1 Å². The van der Waals surface area contributed by atoms with Gasteiger partial charge in [0, 0.05) is 28.9 Å². The van der Waals surface area contributed by atoms with Gasteiger partial charge in [0.15, 0.2) is 0 Å². The van der Waals surface area contributed by atoms with Crippen molar-refractivity contribution in [2.75, 3.05) is 0 Å². The molecule has 0 fully saturated rings. The quantitative estimate of drug-likeness (QED) is 0.669. The lowest BCUT2D eigenvalue weighted by atomic mass is 10.00. The number of nitrogens with zero attached hydrogens (tertiary/aromatic N) is 2. The van der Waals surface area contributed by atoms with E-state index in [0.29, 0.717) is 5.92 Å². The Morgan fingerprint density at radius 2 is 2.05 bits per heavy atom. The zero-order valence-electron chi connectivity index (χ0n) is 11.9. The fourth-order valence-electron chi connectivity index (χ4n) is 2.27. The highest BCUT2D eigenvalue weighted by atomic mass is 32.1. The van der Waals surface area contributed by atoms with E-state index in [1.54, 1.807) is 23.6 Å². The van der Waals surface area contributed by atoms with Crippen molar-refractivity contribution in [1.29, 1.82) is 0 Å². The number of hydrogen-bond acceptors (Lipinski definition) is 3. The van der Waals surface area contributed by atoms with Crippen LogP contribution in [0.4, 0.5) is 4.39 Å². The van der Waals surface area contributed by atoms with Crippen LogP contribution in [0.1, 0.15) is 25.3 Å². The van der Waals surface area contributed by atoms with Gasteiger partial charge in [-0.15, -0.1) is 11.3 Å². The molecule has 106 valence electrons. The minimum absolute atomic E-state index is 0.244. The van der Waals surface area contributed by atoms with Crippen molar-refractivity contribution >= 4 is 11.3 Å². The third-order valence-corrected chi connectivity index (χ3v) is 4.21. The Hall–Kier alpha value is -2.07. The Bertz CT molecular complexity index is 765. The maximum atomic E-state index is 13.3. The minimum Gasteiger partial charge on any atom is -0.264 e. The van der Waals surface area contributed by atoms with Gasteiger partial charge < -0.3 is 0 Å². The van der Waals surface area contributed by atoms with Crippen LogP contribution in [0.25, 0.3) is 21.8 Å². The summed E-state index contributed by atoms with van der Waals surface area (Å²) in [6, 6.07) is 8.55. The first-order valence-corrected chi connectivity index (χ1v) is 7.69. The van der Waals surface area contributed by atoms with Gasteiger partial charge in [-0.2, -0.15) is 0 Å². The number of halogens is 1. The number of rotatable bonds is 3. The molecule has 2 aromatic heterocycles. The summed E-state index contributed by atoms with van der Waals surface area (Å²) in [7, 11) is 0. The molecular weight excluding hydrogens is 283 g/mol. The maximum absolute atomic E-state index is 13.3. The molecular formula is C17H15FN2S. The number of pyridine rings is 1. The lowest BCUT2D eigenvalue weighted by Crippen LogP contribution is -1.93. The van der Waals surface area contributed by atoms with Gasteiger partial charge in [-0.1, -0.05) is 26.0 Å². The van der Waals surface area contributed by atoms with E-state index < -0.39 is 0 Å². The summed E-state index contributed by atoms with van der Waals surface area (Å²) in [6.07, 6.45) is 3.66. The highest BCUT2D eigenvalue weighted by Gasteiger charge is 2.13. The van der Waals surface area contributed by atoms with Gasteiger partial charge in [0.05, 0.1) is 5.69 Å². The summed E-state index contributed by atoms with van der Waals surface area (Å²) < 4.78 is 13.3. The minimum atomic E-state index is -0.244. The molecule has 0 bridgehead atoms. The highest BCUT2D eigenvalue weighted by Crippen LogP contribution is 2.33. The molecule has 3 aromatic rings. The second kappa shape index (κ2) is 5.74. The Morgan fingerprint density at radius 3 is 2.81 bits per heavy atom. The van der Waals surface area contributed by atoms with Crippen molar-refractivity contribution < 1.29 is 4.39 Å². The summed E-state index contributed by atoms with van der Waals surface area (Å²) in [5.74, 6) is 0.163. The molecule has 0 atom stereocenters. The number of thiazole rings is 1. The molecule has 0 aliphatic heterocycles. The molecule has 0 unspecified atom stereocenters. The first kappa shape index (κ1) is 13.9. The Kier molecular flexibility index (Phi) is 3.80. The van der Waals surface area contributed by atoms with Crippen LogP contribution in [0.5, 0.6) is 0 Å². The smallest absolute Gasteiger partial charge is 0.125 e. The Balaban J connectivity index is 2.03. The van der Waals surface area contributed by atoms with E-state index in [1.807, 2.05) is 23.7 Å². The number of benzene rings is 1. The molecule has 0 aliphatic carbocycles. The first-order chi connectivity index (χ1) is 10.1. The van der Waals surface area contributed by atoms with Gasteiger partial charge in [-0.05, 0) is 29.7 Å². The van der Waals surface area contributed by atoms with Crippen LogP contribution in [-0.2, 0) is 0 Å². The molecule has 0 amide bonds. The molecule has 3 rings (SSSR count). The van der Waals surface area contributed by atoms with Gasteiger partial charge in [0.1, 0.15) is 10.8 Å². The monoisotopic (exact) mass is 298 g/mol. The van der Waals surface area contributed by atoms with Crippen LogP contribution in [0.3, 0.4) is 0 Å². The second-order valence-electron chi connectivity index (χ2n) is 5.17. The molecule has 0 saturated heterocycles. The van der Waals surface area contributed by atoms with Crippen molar-refractivity contribution in [2.24, 2.45) is 0 Å². The molecule has 0 saturated carbocycles. The molecule has 2 nitrogen and oxygen atoms in total. The second-order valence-corrected chi connectivity index (χ2v) is 6.02. The largest absolute Gasteiger partial charge is 0.264 e. The van der Waals surface area contributed by atoms with Crippen molar-refractivity contribution in [1.82, 2.24) is 9.97 Å². The average molecular weight is 298 g/mol. The SMILES string of the molecule is CC(C)c1ccncc1-c1nc(-c2cccc(F)c2)cs1. The summed E-state index contributed by atoms with van der Waals surface area (Å²) in [5.41, 5.74) is 3.88. The van der Waals surface area contributed by atoms with E-state index in [0.717, 1.165) is 21.8 Å². The molecule has 4 heteroatoms. The molecule has 2 heterocycles. The van der Waals surface area contributed by atoms with Gasteiger partial charge in [0.25, 0.3) is 0 Å². The first-order valence-electron chi connectivity index (χ1n) is 6.81. The lowest BCUT2D eigenvalue weighted by molar-refractivity contribution is 0.628. The molecule has 0 aliphatic rings. The fourth-order valence-corrected chi connectivity index (χ4v) is 3.13. The summed E-state index contributed by atoms with van der Waals surface area (Å²) in [4.78, 5) is 8.85. The van der Waals surface area contributed by atoms with E-state index in [2.05, 4.69) is 23.8 Å². The Labute approximate surface area is 127 Å². The van der Waals surface area contributed by atoms with Crippen molar-refractivity contribution in [2.45, 2.75) is 19.8 Å². The van der Waals surface area contributed by atoms with Crippen molar-refractivity contribution in [3.05, 3.63) is 59.5 Å². The lowest BCUT2D eigenvalue weighted by Gasteiger charge is -2.09. The van der Waals surface area contributed by atoms with Crippen molar-refractivity contribution in [3.8, 4) is 21.8 Å². The molecule has 0 radical (unpaired) electrons. The van der Waals surface area contributed by atoms with Crippen LogP contribution in [0.2, 0.25) is 0 Å². The summed E-state index contributed by atoms with van der Waals surface area (Å²) in [6.45, 7) is 4.31. The number of aromatic nitrogens is 2. The zero-order valence-corrected chi connectivity index (χ0v) is 12.7. The summed E-state index contributed by atoms with van der Waals surface area (Å²) in [5, 5.41) is 2.88. The molecule has 0 spiro atoms. The van der Waals surface area contributed by atoms with Crippen LogP contribution in [0, 0.1) is 5.82 Å². The third-order valence-electron chi connectivity index (χ3n) is 3.33. The normalized spacial score (nSPS) is 11.0. The van der Waals surface area contributed by atoms with Gasteiger partial charge >= 0.3 is 0 Å². The predicted octanol–water partition coefficient (Wildman–Crippen LogP) is 5.13. The predicted molar refractivity (Wildman–Crippen MR) is 84.8 cm³/mol. The number of hydrogen-bond donors (Lipinski definition) is 0. The highest BCUT2D eigenvalue weighted by molar-refractivity contribution is 7.13. The van der Waals surface area contributed by atoms with Gasteiger partial charge in [-0.25, -0.2) is 9.37 Å². The van der Waals surface area contributed by atoms with Crippen LogP contribution >= 0.6 is 11.3 Å². The van der Waals surface area contributed by atoms with Gasteiger partial charge in [-0.3, -0.25) is 4.98 Å². The van der Waals surface area contributed by atoms with E-state index in [-0.39, 0.29) is 5.82 Å². The van der Waals surface area contributed by atoms with E-state index >= 15 is 0 Å². The summed E-state index contributed by atoms with van der Waals surface area (Å²) >= 11 is 1.56. The molecule has 1 aromatic carbocycles. The standard InChI is InChI=1S/C17H15FN2S/c1-11(2)14-6-7-19-9-15(14)17-20-16(10-21-17)12-4-3-5-13(18)8-12/h3-11H,1-2H3. The maximum Gasteiger partial charge on any atom is 0.125 e. The third kappa shape index (κ3) is 2.85. The van der Waals surface area contributed by atoms with Gasteiger partial charge in [0.2, 0.25) is 0 Å². The van der Waals surface area contributed by atoms with Crippen LogP contribution < -0.4 is 0 Å². The average Bonchev–Trinajstić information content (AvgIpc) is 2.97. The Morgan fingerprint density at radius 1 is 1.19 bits per heavy atom. The van der Waals surface area contributed by atoms with E-state index in [9.17, 15) is 4.39 Å². The van der Waals surface area contributed by atoms with E-state index in [1.165, 1.54) is 17.7 Å². The fraction of sp³-hybridized carbons (Fsp3) is 0.176. The van der Waals surface area contributed by atoms with E-state index in [4.69, 9.17) is 0 Å². The van der Waals surface area contributed by atoms with Crippen molar-refractivity contribution in [3.63, 3.8) is 0 Å².